The zero-order valence-electron chi connectivity index (χ0n) is 10.2. The van der Waals surface area contributed by atoms with Crippen LogP contribution in [0.3, 0.4) is 0 Å². The molecule has 0 unspecified atom stereocenters. The van der Waals surface area contributed by atoms with Crippen LogP contribution in [0.1, 0.15) is 10.4 Å². The van der Waals surface area contributed by atoms with Crippen LogP contribution < -0.4 is 0 Å². The first-order valence-corrected chi connectivity index (χ1v) is 6.56. The van der Waals surface area contributed by atoms with E-state index in [9.17, 15) is 43.4 Å². The second-order valence-electron chi connectivity index (χ2n) is 3.88. The van der Waals surface area contributed by atoms with Crippen molar-refractivity contribution in [2.24, 2.45) is 0 Å². The summed E-state index contributed by atoms with van der Waals surface area (Å²) in [5, 5.41) is 0. The van der Waals surface area contributed by atoms with Gasteiger partial charge in [-0.25, -0.2) is 0 Å². The number of benzene rings is 1. The largest absolute Gasteiger partial charge is 0.421 e. The molecule has 0 saturated carbocycles. The molecule has 0 saturated heterocycles. The number of alkyl halides is 6. The lowest BCUT2D eigenvalue weighted by molar-refractivity contribution is -0.171. The number of ketones is 1. The molecule has 3 nitrogen and oxygen atoms in total. The predicted molar refractivity (Wildman–Crippen MR) is 59.3 cm³/mol. The average Bonchev–Trinajstić information content (AvgIpc) is 2.32. The maximum atomic E-state index is 12.7. The van der Waals surface area contributed by atoms with Gasteiger partial charge in [-0.2, -0.15) is 34.8 Å². The Balaban J connectivity index is 3.35. The van der Waals surface area contributed by atoms with Crippen LogP contribution in [0.15, 0.2) is 40.8 Å². The van der Waals surface area contributed by atoms with E-state index >= 15 is 0 Å². The third-order valence-corrected chi connectivity index (χ3v) is 3.10. The lowest BCUT2D eigenvalue weighted by Gasteiger charge is -2.14. The Morgan fingerprint density at radius 1 is 1.00 bits per heavy atom. The average molecular weight is 350 g/mol. The Morgan fingerprint density at radius 3 is 1.91 bits per heavy atom. The normalized spacial score (nSPS) is 12.9. The molecule has 22 heavy (non-hydrogen) atoms. The molecule has 0 aliphatic carbocycles. The summed E-state index contributed by atoms with van der Waals surface area (Å²) in [7, 11) is -5.26. The fourth-order valence-electron chi connectivity index (χ4n) is 1.34. The van der Waals surface area contributed by atoms with Crippen molar-refractivity contribution in [2.75, 3.05) is 0 Å². The molecule has 0 spiro atoms. The van der Waals surface area contributed by atoms with E-state index in [4.69, 9.17) is 0 Å². The van der Waals surface area contributed by atoms with Crippen LogP contribution >= 0.6 is 0 Å². The van der Waals surface area contributed by atoms with E-state index in [2.05, 4.69) is 0 Å². The first kappa shape index (κ1) is 18.1. The third kappa shape index (κ3) is 4.55. The van der Waals surface area contributed by atoms with E-state index in [1.807, 2.05) is 0 Å². The van der Waals surface area contributed by atoms with Crippen molar-refractivity contribution in [3.63, 3.8) is 0 Å². The molecule has 0 aliphatic rings. The number of allylic oxidation sites excluding steroid dienone is 2. The number of carbonyl (C=O) groups excluding carboxylic acids is 1. The minimum absolute atomic E-state index is 0.332. The lowest BCUT2D eigenvalue weighted by atomic mass is 10.1. The van der Waals surface area contributed by atoms with Crippen LogP contribution in [-0.4, -0.2) is 26.6 Å². The van der Waals surface area contributed by atoms with Gasteiger partial charge in [0.25, 0.3) is 0 Å². The monoisotopic (exact) mass is 350 g/mol. The van der Waals surface area contributed by atoms with Crippen molar-refractivity contribution >= 4 is 16.0 Å². The van der Waals surface area contributed by atoms with Gasteiger partial charge < -0.3 is 0 Å². The number of halogens is 7. The van der Waals surface area contributed by atoms with Crippen LogP contribution in [0.4, 0.5) is 30.2 Å². The number of rotatable bonds is 3. The molecule has 0 heterocycles. The smallest absolute Gasteiger partial charge is 0.289 e. The molecule has 0 fully saturated rings. The predicted octanol–water partition coefficient (Wildman–Crippen LogP) is 3.58. The van der Waals surface area contributed by atoms with Crippen molar-refractivity contribution in [3.8, 4) is 0 Å². The van der Waals surface area contributed by atoms with Gasteiger partial charge in [0.15, 0.2) is 5.78 Å². The van der Waals surface area contributed by atoms with E-state index < -0.39 is 50.5 Å². The summed E-state index contributed by atoms with van der Waals surface area (Å²) in [4.78, 5) is 10.4. The first-order valence-electron chi connectivity index (χ1n) is 5.18. The van der Waals surface area contributed by atoms with Crippen LogP contribution in [0, 0.1) is 0 Å². The van der Waals surface area contributed by atoms with Crippen molar-refractivity contribution in [3.05, 3.63) is 41.5 Å². The molecular formula is C11H5F7O3S. The highest BCUT2D eigenvalue weighted by molar-refractivity contribution is 7.86. The molecule has 0 radical (unpaired) electrons. The van der Waals surface area contributed by atoms with E-state index in [1.54, 1.807) is 0 Å². The summed E-state index contributed by atoms with van der Waals surface area (Å²) in [6.07, 6.45) is -12.4. The molecule has 1 aromatic rings. The summed E-state index contributed by atoms with van der Waals surface area (Å²) in [6.45, 7) is 0. The second kappa shape index (κ2) is 5.71. The molecule has 0 bridgehead atoms. The van der Waals surface area contributed by atoms with E-state index in [1.165, 1.54) is 0 Å². The van der Waals surface area contributed by atoms with Gasteiger partial charge in [-0.3, -0.25) is 4.79 Å². The SMILES string of the molecule is O=C(C=C(C(F)(F)F)C(F)(F)F)c1cccc(S(=O)(=O)F)c1. The molecule has 0 N–H and O–H groups in total. The summed E-state index contributed by atoms with van der Waals surface area (Å²) in [5.74, 6) is -1.77. The van der Waals surface area contributed by atoms with Gasteiger partial charge in [0.1, 0.15) is 5.57 Å². The highest BCUT2D eigenvalue weighted by Crippen LogP contribution is 2.38. The van der Waals surface area contributed by atoms with Gasteiger partial charge in [0, 0.05) is 11.6 Å². The van der Waals surface area contributed by atoms with Crippen LogP contribution in [-0.2, 0) is 10.2 Å². The van der Waals surface area contributed by atoms with Gasteiger partial charge in [-0.15, -0.1) is 3.89 Å². The quantitative estimate of drug-likeness (QED) is 0.362. The molecule has 0 atom stereocenters. The summed E-state index contributed by atoms with van der Waals surface area (Å²) in [5.41, 5.74) is -3.90. The Bertz CT molecular complexity index is 698. The molecule has 11 heteroatoms. The van der Waals surface area contributed by atoms with Gasteiger partial charge in [-0.1, -0.05) is 12.1 Å². The number of hydrogen-bond donors (Lipinski definition) is 0. The number of hydrogen-bond acceptors (Lipinski definition) is 3. The molecule has 0 amide bonds. The van der Waals surface area contributed by atoms with Crippen molar-refractivity contribution in [1.29, 1.82) is 0 Å². The third-order valence-electron chi connectivity index (χ3n) is 2.29. The standard InChI is InChI=1S/C11H5F7O3S/c12-10(13,14)9(11(15,16)17)5-8(19)6-2-1-3-7(4-6)22(18,20)21/h1-5H. The Morgan fingerprint density at radius 2 is 1.50 bits per heavy atom. The van der Waals surface area contributed by atoms with Crippen molar-refractivity contribution in [1.82, 2.24) is 0 Å². The van der Waals surface area contributed by atoms with E-state index in [0.29, 0.717) is 12.1 Å². The minimum Gasteiger partial charge on any atom is -0.289 e. The maximum Gasteiger partial charge on any atom is 0.421 e. The van der Waals surface area contributed by atoms with Gasteiger partial charge >= 0.3 is 22.6 Å². The number of carbonyl (C=O) groups is 1. The van der Waals surface area contributed by atoms with E-state index in [-0.39, 0.29) is 0 Å². The van der Waals surface area contributed by atoms with Gasteiger partial charge in [-0.05, 0) is 12.1 Å². The highest BCUT2D eigenvalue weighted by Gasteiger charge is 2.51. The topological polar surface area (TPSA) is 51.2 Å². The molecule has 0 aliphatic heterocycles. The van der Waals surface area contributed by atoms with Crippen molar-refractivity contribution in [2.45, 2.75) is 17.2 Å². The molecule has 1 rings (SSSR count). The van der Waals surface area contributed by atoms with Crippen LogP contribution in [0.2, 0.25) is 0 Å². The van der Waals surface area contributed by atoms with Crippen LogP contribution in [0.25, 0.3) is 0 Å². The van der Waals surface area contributed by atoms with Gasteiger partial charge in [0.05, 0.1) is 4.90 Å². The van der Waals surface area contributed by atoms with Crippen LogP contribution in [0.5, 0.6) is 0 Å². The van der Waals surface area contributed by atoms with Gasteiger partial charge in [0.2, 0.25) is 0 Å². The molecule has 122 valence electrons. The molecule has 1 aromatic carbocycles. The first-order chi connectivity index (χ1) is 9.73. The Kier molecular flexibility index (Phi) is 4.70. The molecule has 0 aromatic heterocycles. The summed E-state index contributed by atoms with van der Waals surface area (Å²) in [6, 6.07) is 2.56. The Labute approximate surface area is 119 Å². The fraction of sp³-hybridized carbons (Fsp3) is 0.182. The zero-order valence-corrected chi connectivity index (χ0v) is 11.0. The maximum absolute atomic E-state index is 12.7. The fourth-order valence-corrected chi connectivity index (χ4v) is 1.85. The highest BCUT2D eigenvalue weighted by atomic mass is 32.3. The summed E-state index contributed by atoms with van der Waals surface area (Å²) >= 11 is 0. The minimum atomic E-state index is -5.84. The lowest BCUT2D eigenvalue weighted by Crippen LogP contribution is -2.27. The Hall–Kier alpha value is -1.91. The molecular weight excluding hydrogens is 345 g/mol. The zero-order chi connectivity index (χ0) is 17.3. The summed E-state index contributed by atoms with van der Waals surface area (Å²) < 4.78 is 107. The van der Waals surface area contributed by atoms with Crippen molar-refractivity contribution < 1.29 is 43.4 Å². The second-order valence-corrected chi connectivity index (χ2v) is 5.23. The van der Waals surface area contributed by atoms with E-state index in [0.717, 1.165) is 12.1 Å².